The van der Waals surface area contributed by atoms with Crippen LogP contribution in [-0.4, -0.2) is 64.7 Å². The SMILES string of the molecule is COCCN1C[C@@H](NC(=O)Nc2c(C)c(-c3ccc(=O)n(C)c3)nn2-c2ccccc2)[C@H](c2cc(F)cc(Cl)c2)C1. The molecule has 1 saturated heterocycles. The van der Waals surface area contributed by atoms with Crippen molar-refractivity contribution in [2.75, 3.05) is 38.7 Å². The molecule has 11 heteroatoms. The number of halogens is 2. The van der Waals surface area contributed by atoms with Crippen molar-refractivity contribution in [1.29, 1.82) is 0 Å². The number of carbonyl (C=O) groups is 1. The lowest BCUT2D eigenvalue weighted by Gasteiger charge is -2.21. The first kappa shape index (κ1) is 28.5. The van der Waals surface area contributed by atoms with Crippen molar-refractivity contribution in [3.05, 3.63) is 99.2 Å². The molecule has 0 radical (unpaired) electrons. The van der Waals surface area contributed by atoms with E-state index in [0.717, 1.165) is 22.4 Å². The lowest BCUT2D eigenvalue weighted by Crippen LogP contribution is -2.42. The third-order valence-electron chi connectivity index (χ3n) is 7.35. The minimum Gasteiger partial charge on any atom is -0.383 e. The Morgan fingerprint density at radius 3 is 2.63 bits per heavy atom. The van der Waals surface area contributed by atoms with Crippen molar-refractivity contribution in [2.45, 2.75) is 18.9 Å². The Kier molecular flexibility index (Phi) is 8.53. The maximum Gasteiger partial charge on any atom is 0.320 e. The molecule has 9 nitrogen and oxygen atoms in total. The van der Waals surface area contributed by atoms with Gasteiger partial charge in [-0.05, 0) is 48.9 Å². The number of nitrogens with one attached hydrogen (secondary N) is 2. The van der Waals surface area contributed by atoms with Crippen molar-refractivity contribution in [3.63, 3.8) is 0 Å². The number of carbonyl (C=O) groups excluding carboxylic acids is 1. The van der Waals surface area contributed by atoms with Crippen molar-refractivity contribution in [3.8, 4) is 16.9 Å². The quantitative estimate of drug-likeness (QED) is 0.319. The van der Waals surface area contributed by atoms with Gasteiger partial charge < -0.3 is 14.6 Å². The minimum absolute atomic E-state index is 0.128. The van der Waals surface area contributed by atoms with Gasteiger partial charge in [0.1, 0.15) is 11.6 Å². The fourth-order valence-corrected chi connectivity index (χ4v) is 5.51. The third kappa shape index (κ3) is 6.35. The summed E-state index contributed by atoms with van der Waals surface area (Å²) in [6.45, 7) is 4.28. The summed E-state index contributed by atoms with van der Waals surface area (Å²) in [6, 6.07) is 16.5. The number of hydrogen-bond acceptors (Lipinski definition) is 5. The number of para-hydroxylation sites is 1. The standard InChI is InChI=1S/C30H32ClFN6O3/c1-19-28(20-9-10-27(39)36(2)16-20)35-38(24-7-5-4-6-8-24)29(19)34-30(40)33-26-18-37(11-12-41-3)17-25(26)21-13-22(31)15-23(32)14-21/h4-10,13-16,25-26H,11-12,17-18H2,1-3H3,(H2,33,34,40)/t25-,26+/m0/s1. The second kappa shape index (κ2) is 12.3. The molecule has 1 aliphatic rings. The molecule has 41 heavy (non-hydrogen) atoms. The number of pyridine rings is 1. The second-order valence-electron chi connectivity index (χ2n) is 10.2. The zero-order valence-corrected chi connectivity index (χ0v) is 23.9. The molecular weight excluding hydrogens is 547 g/mol. The second-order valence-corrected chi connectivity index (χ2v) is 10.6. The van der Waals surface area contributed by atoms with Crippen LogP contribution in [0.1, 0.15) is 17.0 Å². The van der Waals surface area contributed by atoms with E-state index in [1.807, 2.05) is 37.3 Å². The summed E-state index contributed by atoms with van der Waals surface area (Å²) in [5, 5.41) is 11.2. The van der Waals surface area contributed by atoms with Crippen LogP contribution in [0.2, 0.25) is 5.02 Å². The number of methoxy groups -OCH3 is 1. The maximum absolute atomic E-state index is 14.3. The summed E-state index contributed by atoms with van der Waals surface area (Å²) in [5.74, 6) is -0.0939. The van der Waals surface area contributed by atoms with E-state index < -0.39 is 11.8 Å². The molecule has 2 aromatic heterocycles. The van der Waals surface area contributed by atoms with Gasteiger partial charge in [0.15, 0.2) is 0 Å². The molecular formula is C30H32ClFN6O3. The molecule has 4 aromatic rings. The Morgan fingerprint density at radius 1 is 1.15 bits per heavy atom. The van der Waals surface area contributed by atoms with Crippen LogP contribution in [0.5, 0.6) is 0 Å². The number of anilines is 1. The highest BCUT2D eigenvalue weighted by Gasteiger charge is 2.35. The molecule has 2 aromatic carbocycles. The van der Waals surface area contributed by atoms with Gasteiger partial charge in [0, 0.05) is 68.1 Å². The van der Waals surface area contributed by atoms with Crippen LogP contribution in [0, 0.1) is 12.7 Å². The van der Waals surface area contributed by atoms with Gasteiger partial charge in [0.05, 0.1) is 24.0 Å². The molecule has 2 N–H and O–H groups in total. The molecule has 3 heterocycles. The van der Waals surface area contributed by atoms with Gasteiger partial charge in [0.2, 0.25) is 5.56 Å². The molecule has 2 atom stereocenters. The van der Waals surface area contributed by atoms with Crippen molar-refractivity contribution >= 4 is 23.4 Å². The van der Waals surface area contributed by atoms with E-state index >= 15 is 0 Å². The zero-order chi connectivity index (χ0) is 29.1. The van der Waals surface area contributed by atoms with Gasteiger partial charge >= 0.3 is 6.03 Å². The zero-order valence-electron chi connectivity index (χ0n) is 23.1. The predicted octanol–water partition coefficient (Wildman–Crippen LogP) is 4.57. The highest BCUT2D eigenvalue weighted by Crippen LogP contribution is 2.32. The number of likely N-dealkylation sites (tertiary alicyclic amines) is 1. The summed E-state index contributed by atoms with van der Waals surface area (Å²) < 4.78 is 22.7. The molecule has 0 bridgehead atoms. The molecule has 214 valence electrons. The Balaban J connectivity index is 1.45. The highest BCUT2D eigenvalue weighted by atomic mass is 35.5. The lowest BCUT2D eigenvalue weighted by atomic mass is 9.94. The number of urea groups is 1. The van der Waals surface area contributed by atoms with Crippen LogP contribution in [0.15, 0.2) is 71.7 Å². The number of hydrogen-bond donors (Lipinski definition) is 2. The number of benzene rings is 2. The summed E-state index contributed by atoms with van der Waals surface area (Å²) in [4.78, 5) is 27.7. The van der Waals surface area contributed by atoms with E-state index in [4.69, 9.17) is 21.4 Å². The van der Waals surface area contributed by atoms with Gasteiger partial charge in [-0.1, -0.05) is 29.8 Å². The molecule has 1 fully saturated rings. The van der Waals surface area contributed by atoms with Gasteiger partial charge in [-0.2, -0.15) is 5.10 Å². The smallest absolute Gasteiger partial charge is 0.320 e. The van der Waals surface area contributed by atoms with E-state index in [0.29, 0.717) is 42.8 Å². The normalized spacial score (nSPS) is 17.1. The monoisotopic (exact) mass is 578 g/mol. The fourth-order valence-electron chi connectivity index (χ4n) is 5.28. The van der Waals surface area contributed by atoms with Gasteiger partial charge in [0.25, 0.3) is 0 Å². The predicted molar refractivity (Wildman–Crippen MR) is 157 cm³/mol. The number of rotatable bonds is 8. The number of aromatic nitrogens is 3. The van der Waals surface area contributed by atoms with E-state index in [1.165, 1.54) is 22.8 Å². The summed E-state index contributed by atoms with van der Waals surface area (Å²) in [5.41, 5.74) is 3.48. The van der Waals surface area contributed by atoms with Crippen molar-refractivity contribution in [2.24, 2.45) is 7.05 Å². The van der Waals surface area contributed by atoms with E-state index in [1.54, 1.807) is 37.2 Å². The number of aryl methyl sites for hydroxylation is 1. The molecule has 0 aliphatic carbocycles. The van der Waals surface area contributed by atoms with E-state index in [2.05, 4.69) is 15.5 Å². The number of ether oxygens (including phenoxy) is 1. The van der Waals surface area contributed by atoms with Gasteiger partial charge in [-0.3, -0.25) is 15.0 Å². The average molecular weight is 579 g/mol. The number of amides is 2. The summed E-state index contributed by atoms with van der Waals surface area (Å²) in [6.07, 6.45) is 1.72. The highest BCUT2D eigenvalue weighted by molar-refractivity contribution is 6.30. The molecule has 0 unspecified atom stereocenters. The van der Waals surface area contributed by atoms with Crippen LogP contribution in [0.3, 0.4) is 0 Å². The van der Waals surface area contributed by atoms with Crippen molar-refractivity contribution in [1.82, 2.24) is 24.6 Å². The molecule has 0 spiro atoms. The summed E-state index contributed by atoms with van der Waals surface area (Å²) in [7, 11) is 3.33. The third-order valence-corrected chi connectivity index (χ3v) is 7.57. The first-order valence-electron chi connectivity index (χ1n) is 13.3. The average Bonchev–Trinajstić information content (AvgIpc) is 3.49. The topological polar surface area (TPSA) is 93.4 Å². The van der Waals surface area contributed by atoms with Crippen LogP contribution >= 0.6 is 11.6 Å². The first-order chi connectivity index (χ1) is 19.7. The Labute approximate surface area is 242 Å². The first-order valence-corrected chi connectivity index (χ1v) is 13.7. The van der Waals surface area contributed by atoms with Crippen LogP contribution in [0.4, 0.5) is 15.0 Å². The molecule has 1 aliphatic heterocycles. The molecule has 0 saturated carbocycles. The lowest BCUT2D eigenvalue weighted by molar-refractivity contribution is 0.159. The maximum atomic E-state index is 14.3. The number of nitrogens with zero attached hydrogens (tertiary/aromatic N) is 4. The largest absolute Gasteiger partial charge is 0.383 e. The molecule has 2 amide bonds. The minimum atomic E-state index is -0.417. The van der Waals surface area contributed by atoms with Crippen molar-refractivity contribution < 1.29 is 13.9 Å². The Morgan fingerprint density at radius 2 is 1.93 bits per heavy atom. The van der Waals surface area contributed by atoms with Gasteiger partial charge in [-0.15, -0.1) is 0 Å². The van der Waals surface area contributed by atoms with Crippen LogP contribution in [-0.2, 0) is 11.8 Å². The Hall–Kier alpha value is -3.99. The summed E-state index contributed by atoms with van der Waals surface area (Å²) >= 11 is 6.17. The van der Waals surface area contributed by atoms with E-state index in [-0.39, 0.29) is 17.5 Å². The Bertz CT molecular complexity index is 1590. The van der Waals surface area contributed by atoms with Crippen LogP contribution < -0.4 is 16.2 Å². The van der Waals surface area contributed by atoms with Gasteiger partial charge in [-0.25, -0.2) is 13.9 Å². The van der Waals surface area contributed by atoms with E-state index in [9.17, 15) is 14.0 Å². The van der Waals surface area contributed by atoms with Crippen LogP contribution in [0.25, 0.3) is 16.9 Å². The molecule has 5 rings (SSSR count). The fraction of sp³-hybridized carbons (Fsp3) is 0.300.